The lowest BCUT2D eigenvalue weighted by molar-refractivity contribution is 0.374. The zero-order chi connectivity index (χ0) is 19.6. The Bertz CT molecular complexity index is 1060. The van der Waals surface area contributed by atoms with Gasteiger partial charge in [0.25, 0.3) is 0 Å². The van der Waals surface area contributed by atoms with Crippen LogP contribution in [0.3, 0.4) is 0 Å². The summed E-state index contributed by atoms with van der Waals surface area (Å²) in [5, 5.41) is 8.79. The van der Waals surface area contributed by atoms with E-state index in [4.69, 9.17) is 15.4 Å². The van der Waals surface area contributed by atoms with Gasteiger partial charge in [0.2, 0.25) is 0 Å². The van der Waals surface area contributed by atoms with E-state index >= 15 is 0 Å². The fourth-order valence-corrected chi connectivity index (χ4v) is 2.93. The van der Waals surface area contributed by atoms with Gasteiger partial charge in [0.1, 0.15) is 5.82 Å². The number of nitrogens with zero attached hydrogens (tertiary/aromatic N) is 3. The Morgan fingerprint density at radius 3 is 2.63 bits per heavy atom. The molecule has 140 valence electrons. The van der Waals surface area contributed by atoms with Crippen molar-refractivity contribution in [2.45, 2.75) is 19.0 Å². The van der Waals surface area contributed by atoms with Gasteiger partial charge in [-0.05, 0) is 49.0 Å². The predicted octanol–water partition coefficient (Wildman–Crippen LogP) is 2.36. The van der Waals surface area contributed by atoms with Gasteiger partial charge in [-0.25, -0.2) is 9.18 Å². The second-order valence-corrected chi connectivity index (χ2v) is 6.75. The Hall–Kier alpha value is -2.95. The molecule has 3 aromatic rings. The third-order valence-electron chi connectivity index (χ3n) is 4.43. The molecule has 0 aliphatic heterocycles. The number of aromatic nitrogens is 1. The van der Waals surface area contributed by atoms with Crippen LogP contribution < -0.4 is 11.5 Å². The van der Waals surface area contributed by atoms with Crippen molar-refractivity contribution in [2.75, 3.05) is 20.6 Å². The normalized spacial score (nSPS) is 12.4. The fourth-order valence-electron chi connectivity index (χ4n) is 2.93. The second kappa shape index (κ2) is 7.74. The lowest BCUT2D eigenvalue weighted by Crippen LogP contribution is -2.23. The van der Waals surface area contributed by atoms with Crippen molar-refractivity contribution in [3.8, 4) is 17.2 Å². The molecule has 0 spiro atoms. The van der Waals surface area contributed by atoms with Crippen LogP contribution in [0.1, 0.15) is 5.56 Å². The van der Waals surface area contributed by atoms with Crippen molar-refractivity contribution < 1.29 is 8.81 Å². The number of likely N-dealkylation sites (N-methyl/N-ethyl adjacent to an activating group) is 1. The van der Waals surface area contributed by atoms with Crippen molar-refractivity contribution in [3.05, 3.63) is 58.3 Å². The van der Waals surface area contributed by atoms with Crippen LogP contribution in [0.4, 0.5) is 4.39 Å². The predicted molar refractivity (Wildman–Crippen MR) is 102 cm³/mol. The smallest absolute Gasteiger partial charge is 0.408 e. The Labute approximate surface area is 156 Å². The largest absolute Gasteiger partial charge is 0.419 e. The highest BCUT2D eigenvalue weighted by Gasteiger charge is 2.13. The number of nitrogens with two attached hydrogens (primary N) is 1. The number of benzene rings is 2. The van der Waals surface area contributed by atoms with Crippen LogP contribution in [0.25, 0.3) is 22.2 Å². The molecule has 6 nitrogen and oxygen atoms in total. The lowest BCUT2D eigenvalue weighted by Gasteiger charge is -2.10. The van der Waals surface area contributed by atoms with E-state index in [1.807, 2.05) is 31.1 Å². The summed E-state index contributed by atoms with van der Waals surface area (Å²) in [7, 11) is 3.86. The molecule has 0 amide bonds. The SMILES string of the molecule is CN(C)CCn1c(=O)oc2ccc(-c3ccc(C[C@H](N)C#N)c(F)c3)cc21. The number of nitriles is 1. The summed E-state index contributed by atoms with van der Waals surface area (Å²) in [5.74, 6) is -0.813. The minimum absolute atomic E-state index is 0.160. The Morgan fingerprint density at radius 2 is 1.96 bits per heavy atom. The van der Waals surface area contributed by atoms with Gasteiger partial charge in [-0.2, -0.15) is 5.26 Å². The molecule has 3 rings (SSSR count). The number of rotatable bonds is 6. The number of fused-ring (bicyclic) bond motifs is 1. The van der Waals surface area contributed by atoms with Crippen molar-refractivity contribution in [1.82, 2.24) is 9.47 Å². The molecule has 1 atom stereocenters. The summed E-state index contributed by atoms with van der Waals surface area (Å²) in [6.07, 6.45) is 0.160. The van der Waals surface area contributed by atoms with Gasteiger partial charge in [-0.3, -0.25) is 4.57 Å². The molecule has 2 aromatic carbocycles. The lowest BCUT2D eigenvalue weighted by atomic mass is 10.00. The summed E-state index contributed by atoms with van der Waals surface area (Å²) >= 11 is 0. The third kappa shape index (κ3) is 4.08. The van der Waals surface area contributed by atoms with Crippen LogP contribution in [0.5, 0.6) is 0 Å². The molecule has 0 saturated carbocycles. The van der Waals surface area contributed by atoms with Gasteiger partial charge in [0, 0.05) is 19.5 Å². The standard InChI is InChI=1S/C20H21FN4O2/c1-24(2)7-8-25-18-11-14(5-6-19(18)27-20(25)26)13-3-4-15(17(21)10-13)9-16(23)12-22/h3-6,10-11,16H,7-9,23H2,1-2H3/t16-/m0/s1. The maximum absolute atomic E-state index is 14.4. The summed E-state index contributed by atoms with van der Waals surface area (Å²) < 4.78 is 21.3. The molecule has 0 saturated heterocycles. The van der Waals surface area contributed by atoms with Crippen LogP contribution in [0.15, 0.2) is 45.6 Å². The molecule has 0 bridgehead atoms. The maximum atomic E-state index is 14.4. The van der Waals surface area contributed by atoms with Crippen LogP contribution in [-0.4, -0.2) is 36.1 Å². The van der Waals surface area contributed by atoms with Crippen LogP contribution in [0, 0.1) is 17.1 Å². The van der Waals surface area contributed by atoms with E-state index in [1.165, 1.54) is 6.07 Å². The van der Waals surface area contributed by atoms with E-state index in [9.17, 15) is 9.18 Å². The minimum atomic E-state index is -0.737. The van der Waals surface area contributed by atoms with E-state index in [0.717, 1.165) is 5.56 Å². The molecule has 7 heteroatoms. The second-order valence-electron chi connectivity index (χ2n) is 6.75. The van der Waals surface area contributed by atoms with Crippen molar-refractivity contribution in [1.29, 1.82) is 5.26 Å². The van der Waals surface area contributed by atoms with E-state index in [2.05, 4.69) is 0 Å². The van der Waals surface area contributed by atoms with Crippen molar-refractivity contribution in [3.63, 3.8) is 0 Å². The van der Waals surface area contributed by atoms with Gasteiger partial charge in [-0.1, -0.05) is 18.2 Å². The van der Waals surface area contributed by atoms with Crippen LogP contribution in [-0.2, 0) is 13.0 Å². The molecular formula is C20H21FN4O2. The van der Waals surface area contributed by atoms with E-state index in [-0.39, 0.29) is 6.42 Å². The average Bonchev–Trinajstić information content (AvgIpc) is 2.95. The van der Waals surface area contributed by atoms with Gasteiger partial charge in [0.15, 0.2) is 5.58 Å². The molecule has 0 aliphatic rings. The van der Waals surface area contributed by atoms with Gasteiger partial charge < -0.3 is 15.1 Å². The Balaban J connectivity index is 1.97. The molecule has 0 radical (unpaired) electrons. The van der Waals surface area contributed by atoms with Crippen LogP contribution >= 0.6 is 0 Å². The number of oxazole rings is 1. The summed E-state index contributed by atoms with van der Waals surface area (Å²) in [6, 6.07) is 11.3. The molecule has 0 unspecified atom stereocenters. The molecule has 0 fully saturated rings. The third-order valence-corrected chi connectivity index (χ3v) is 4.43. The van der Waals surface area contributed by atoms with E-state index in [0.29, 0.717) is 35.3 Å². The minimum Gasteiger partial charge on any atom is -0.408 e. The summed E-state index contributed by atoms with van der Waals surface area (Å²) in [6.45, 7) is 1.20. The van der Waals surface area contributed by atoms with E-state index < -0.39 is 17.6 Å². The molecule has 0 aliphatic carbocycles. The Kier molecular flexibility index (Phi) is 5.40. The summed E-state index contributed by atoms with van der Waals surface area (Å²) in [4.78, 5) is 14.1. The topological polar surface area (TPSA) is 88.2 Å². The zero-order valence-electron chi connectivity index (χ0n) is 15.3. The molecule has 1 aromatic heterocycles. The molecule has 27 heavy (non-hydrogen) atoms. The number of hydrogen-bond donors (Lipinski definition) is 1. The summed E-state index contributed by atoms with van der Waals surface area (Å²) in [5.41, 5.74) is 8.61. The quantitative estimate of drug-likeness (QED) is 0.722. The molecule has 1 heterocycles. The monoisotopic (exact) mass is 368 g/mol. The highest BCUT2D eigenvalue weighted by molar-refractivity contribution is 5.80. The van der Waals surface area contributed by atoms with E-state index in [1.54, 1.807) is 28.8 Å². The zero-order valence-corrected chi connectivity index (χ0v) is 15.3. The number of halogens is 1. The molecule has 2 N–H and O–H groups in total. The first-order valence-corrected chi connectivity index (χ1v) is 8.61. The van der Waals surface area contributed by atoms with Gasteiger partial charge in [0.05, 0.1) is 17.6 Å². The van der Waals surface area contributed by atoms with Crippen molar-refractivity contribution in [2.24, 2.45) is 5.73 Å². The first-order chi connectivity index (χ1) is 12.9. The first kappa shape index (κ1) is 18.8. The maximum Gasteiger partial charge on any atom is 0.419 e. The van der Waals surface area contributed by atoms with Crippen molar-refractivity contribution >= 4 is 11.1 Å². The first-order valence-electron chi connectivity index (χ1n) is 8.61. The fraction of sp³-hybridized carbons (Fsp3) is 0.300. The molecular weight excluding hydrogens is 347 g/mol. The highest BCUT2D eigenvalue weighted by atomic mass is 19.1. The van der Waals surface area contributed by atoms with Gasteiger partial charge >= 0.3 is 5.76 Å². The highest BCUT2D eigenvalue weighted by Crippen LogP contribution is 2.26. The Morgan fingerprint density at radius 1 is 1.26 bits per heavy atom. The number of hydrogen-bond acceptors (Lipinski definition) is 5. The van der Waals surface area contributed by atoms with Crippen LogP contribution in [0.2, 0.25) is 0 Å². The average molecular weight is 368 g/mol. The van der Waals surface area contributed by atoms with Gasteiger partial charge in [-0.15, -0.1) is 0 Å².